The first-order chi connectivity index (χ1) is 12.0. The van der Waals surface area contributed by atoms with Crippen LogP contribution in [0, 0.1) is 0 Å². The zero-order valence-electron chi connectivity index (χ0n) is 14.7. The molecule has 2 aromatic rings. The van der Waals surface area contributed by atoms with Crippen molar-refractivity contribution in [3.05, 3.63) is 54.1 Å². The van der Waals surface area contributed by atoms with E-state index in [1.807, 2.05) is 30.3 Å². The Morgan fingerprint density at radius 1 is 1.20 bits per heavy atom. The summed E-state index contributed by atoms with van der Waals surface area (Å²) in [7, 11) is 4.12. The lowest BCUT2D eigenvalue weighted by Crippen LogP contribution is -2.35. The molecule has 1 aliphatic heterocycles. The van der Waals surface area contributed by atoms with Gasteiger partial charge in [0, 0.05) is 18.8 Å². The molecule has 0 radical (unpaired) electrons. The van der Waals surface area contributed by atoms with Crippen LogP contribution in [-0.2, 0) is 11.3 Å². The van der Waals surface area contributed by atoms with E-state index in [9.17, 15) is 9.90 Å². The molecule has 1 aliphatic rings. The van der Waals surface area contributed by atoms with Gasteiger partial charge in [0.2, 0.25) is 5.91 Å². The van der Waals surface area contributed by atoms with Crippen molar-refractivity contribution in [2.75, 3.05) is 26.0 Å². The molecular formula is C20H25N3O2. The Bertz CT molecular complexity index is 728. The van der Waals surface area contributed by atoms with E-state index in [2.05, 4.69) is 47.8 Å². The molecule has 0 aromatic heterocycles. The molecule has 0 unspecified atom stereocenters. The third-order valence-electron chi connectivity index (χ3n) is 4.39. The van der Waals surface area contributed by atoms with Crippen LogP contribution < -0.4 is 10.6 Å². The highest BCUT2D eigenvalue weighted by Gasteiger charge is 2.27. The lowest BCUT2D eigenvalue weighted by molar-refractivity contribution is -0.117. The highest BCUT2D eigenvalue weighted by molar-refractivity contribution is 5.95. The van der Waals surface area contributed by atoms with Gasteiger partial charge in [-0.15, -0.1) is 0 Å². The summed E-state index contributed by atoms with van der Waals surface area (Å²) in [5.41, 5.74) is 4.37. The van der Waals surface area contributed by atoms with E-state index in [1.54, 1.807) is 0 Å². The van der Waals surface area contributed by atoms with Crippen molar-refractivity contribution in [1.82, 2.24) is 10.2 Å². The fourth-order valence-electron chi connectivity index (χ4n) is 3.16. The van der Waals surface area contributed by atoms with Crippen LogP contribution in [0.25, 0.3) is 11.1 Å². The molecule has 2 aromatic carbocycles. The number of aliphatic hydroxyl groups excluding tert-OH is 1. The number of rotatable bonds is 5. The van der Waals surface area contributed by atoms with E-state index in [4.69, 9.17) is 0 Å². The van der Waals surface area contributed by atoms with Gasteiger partial charge in [0.05, 0.1) is 12.1 Å². The molecule has 0 saturated carbocycles. The van der Waals surface area contributed by atoms with Crippen molar-refractivity contribution in [3.63, 3.8) is 0 Å². The lowest BCUT2D eigenvalue weighted by atomic mass is 9.99. The number of nitrogens with zero attached hydrogens (tertiary/aromatic N) is 1. The van der Waals surface area contributed by atoms with Crippen molar-refractivity contribution in [2.45, 2.75) is 25.1 Å². The molecule has 1 heterocycles. The van der Waals surface area contributed by atoms with Crippen LogP contribution in [0.1, 0.15) is 12.0 Å². The number of hydrogen-bond donors (Lipinski definition) is 3. The molecule has 0 spiro atoms. The van der Waals surface area contributed by atoms with Crippen molar-refractivity contribution in [1.29, 1.82) is 0 Å². The predicted octanol–water partition coefficient (Wildman–Crippen LogP) is 2.08. The van der Waals surface area contributed by atoms with Gasteiger partial charge in [-0.05, 0) is 49.3 Å². The first-order valence-corrected chi connectivity index (χ1v) is 8.58. The van der Waals surface area contributed by atoms with Crippen LogP contribution in [0.15, 0.2) is 48.5 Å². The number of carbonyl (C=O) groups is 1. The Balaban J connectivity index is 1.71. The molecule has 1 amide bonds. The number of aliphatic hydroxyl groups is 1. The molecule has 3 rings (SSSR count). The molecule has 0 bridgehead atoms. The average Bonchev–Trinajstić information content (AvgIpc) is 3.02. The Hall–Kier alpha value is -2.21. The van der Waals surface area contributed by atoms with E-state index < -0.39 is 6.10 Å². The first-order valence-electron chi connectivity index (χ1n) is 8.58. The molecule has 0 aliphatic carbocycles. The number of benzene rings is 2. The van der Waals surface area contributed by atoms with Crippen LogP contribution in [0.2, 0.25) is 0 Å². The minimum atomic E-state index is -0.439. The molecule has 3 N–H and O–H groups in total. The van der Waals surface area contributed by atoms with Gasteiger partial charge in [0.15, 0.2) is 0 Å². The molecule has 5 nitrogen and oxygen atoms in total. The zero-order chi connectivity index (χ0) is 17.8. The number of amides is 1. The summed E-state index contributed by atoms with van der Waals surface area (Å²) >= 11 is 0. The van der Waals surface area contributed by atoms with Gasteiger partial charge in [-0.2, -0.15) is 0 Å². The Morgan fingerprint density at radius 3 is 2.56 bits per heavy atom. The minimum absolute atomic E-state index is 0.0997. The third-order valence-corrected chi connectivity index (χ3v) is 4.39. The van der Waals surface area contributed by atoms with E-state index in [-0.39, 0.29) is 11.9 Å². The summed E-state index contributed by atoms with van der Waals surface area (Å²) in [5.74, 6) is -0.0997. The van der Waals surface area contributed by atoms with Crippen molar-refractivity contribution in [2.24, 2.45) is 0 Å². The van der Waals surface area contributed by atoms with Crippen LogP contribution >= 0.6 is 0 Å². The van der Waals surface area contributed by atoms with Gasteiger partial charge in [0.25, 0.3) is 0 Å². The largest absolute Gasteiger partial charge is 0.392 e. The number of hydrogen-bond acceptors (Lipinski definition) is 4. The molecule has 1 fully saturated rings. The standard InChI is InChI=1S/C20H25N3O2/c1-23(2)13-15-5-3-4-6-18(15)14-7-9-16(10-8-14)22-20(25)19-11-17(24)12-21-19/h3-10,17,19,21,24H,11-13H2,1-2H3,(H,22,25)/t17-,19-/m1/s1. The molecular weight excluding hydrogens is 314 g/mol. The monoisotopic (exact) mass is 339 g/mol. The Morgan fingerprint density at radius 2 is 1.92 bits per heavy atom. The second-order valence-corrected chi connectivity index (χ2v) is 6.81. The lowest BCUT2D eigenvalue weighted by Gasteiger charge is -2.15. The SMILES string of the molecule is CN(C)Cc1ccccc1-c1ccc(NC(=O)[C@H]2C[C@@H](O)CN2)cc1. The maximum atomic E-state index is 12.2. The summed E-state index contributed by atoms with van der Waals surface area (Å²) < 4.78 is 0. The summed E-state index contributed by atoms with van der Waals surface area (Å²) in [6, 6.07) is 15.9. The number of β-amino-alcohol motifs (C(OH)–C–C–N with tert-alkyl or cyclic N) is 1. The first kappa shape index (κ1) is 17.6. The van der Waals surface area contributed by atoms with Crippen LogP contribution in [0.5, 0.6) is 0 Å². The van der Waals surface area contributed by atoms with Crippen LogP contribution in [0.3, 0.4) is 0 Å². The quantitative estimate of drug-likeness (QED) is 0.780. The summed E-state index contributed by atoms with van der Waals surface area (Å²) in [4.78, 5) is 14.3. The summed E-state index contributed by atoms with van der Waals surface area (Å²) in [5, 5.41) is 15.5. The van der Waals surface area contributed by atoms with Crippen LogP contribution in [0.4, 0.5) is 5.69 Å². The average molecular weight is 339 g/mol. The highest BCUT2D eigenvalue weighted by Crippen LogP contribution is 2.26. The normalized spacial score (nSPS) is 20.0. The fourth-order valence-corrected chi connectivity index (χ4v) is 3.16. The second-order valence-electron chi connectivity index (χ2n) is 6.81. The van der Waals surface area contributed by atoms with E-state index in [1.165, 1.54) is 11.1 Å². The summed E-state index contributed by atoms with van der Waals surface area (Å²) in [6.07, 6.45) is 0.0216. The Kier molecular flexibility index (Phi) is 5.48. The van der Waals surface area contributed by atoms with Crippen molar-refractivity contribution >= 4 is 11.6 Å². The topological polar surface area (TPSA) is 64.6 Å². The van der Waals surface area contributed by atoms with Gasteiger partial charge < -0.3 is 20.6 Å². The second kappa shape index (κ2) is 7.78. The van der Waals surface area contributed by atoms with Crippen molar-refractivity contribution in [3.8, 4) is 11.1 Å². The van der Waals surface area contributed by atoms with Gasteiger partial charge in [0.1, 0.15) is 0 Å². The molecule has 25 heavy (non-hydrogen) atoms. The van der Waals surface area contributed by atoms with Gasteiger partial charge in [-0.25, -0.2) is 0 Å². The summed E-state index contributed by atoms with van der Waals surface area (Å²) in [6.45, 7) is 1.35. The molecule has 5 heteroatoms. The van der Waals surface area contributed by atoms with Crippen molar-refractivity contribution < 1.29 is 9.90 Å². The van der Waals surface area contributed by atoms with Crippen LogP contribution in [-0.4, -0.2) is 48.7 Å². The number of anilines is 1. The molecule has 1 saturated heterocycles. The molecule has 2 atom stereocenters. The van der Waals surface area contributed by atoms with Gasteiger partial charge in [-0.1, -0.05) is 36.4 Å². The smallest absolute Gasteiger partial charge is 0.241 e. The minimum Gasteiger partial charge on any atom is -0.392 e. The third kappa shape index (κ3) is 4.45. The van der Waals surface area contributed by atoms with E-state index >= 15 is 0 Å². The molecule has 132 valence electrons. The predicted molar refractivity (Wildman–Crippen MR) is 100 cm³/mol. The number of carbonyl (C=O) groups excluding carboxylic acids is 1. The Labute approximate surface area is 148 Å². The highest BCUT2D eigenvalue weighted by atomic mass is 16.3. The zero-order valence-corrected chi connectivity index (χ0v) is 14.7. The van der Waals surface area contributed by atoms with Gasteiger partial charge >= 0.3 is 0 Å². The van der Waals surface area contributed by atoms with E-state index in [0.29, 0.717) is 13.0 Å². The number of nitrogens with one attached hydrogen (secondary N) is 2. The van der Waals surface area contributed by atoms with E-state index in [0.717, 1.165) is 17.8 Å². The maximum Gasteiger partial charge on any atom is 0.241 e. The maximum absolute atomic E-state index is 12.2. The van der Waals surface area contributed by atoms with Gasteiger partial charge in [-0.3, -0.25) is 4.79 Å². The fraction of sp³-hybridized carbons (Fsp3) is 0.350.